The number of nitrogens with one attached hydrogen (secondary N) is 1. The van der Waals surface area contributed by atoms with Crippen LogP contribution in [0.3, 0.4) is 0 Å². The fraction of sp³-hybridized carbons (Fsp3) is 0.150. The van der Waals surface area contributed by atoms with E-state index in [1.165, 1.54) is 36.5 Å². The van der Waals surface area contributed by atoms with Gasteiger partial charge >= 0.3 is 6.29 Å². The summed E-state index contributed by atoms with van der Waals surface area (Å²) in [4.78, 5) is 4.22. The molecule has 0 unspecified atom stereocenters. The third-order valence-corrected chi connectivity index (χ3v) is 4.33. The first kappa shape index (κ1) is 18.1. The number of alkyl halides is 2. The van der Waals surface area contributed by atoms with Crippen molar-refractivity contribution in [3.05, 3.63) is 71.4 Å². The van der Waals surface area contributed by atoms with E-state index in [0.29, 0.717) is 22.5 Å². The third-order valence-electron chi connectivity index (χ3n) is 4.33. The van der Waals surface area contributed by atoms with E-state index in [-0.39, 0.29) is 23.6 Å². The predicted octanol–water partition coefficient (Wildman–Crippen LogP) is 5.27. The number of aromatic nitrogens is 1. The Bertz CT molecular complexity index is 1020. The second kappa shape index (κ2) is 6.70. The summed E-state index contributed by atoms with van der Waals surface area (Å²) in [6, 6.07) is 9.95. The first-order valence-electron chi connectivity index (χ1n) is 8.36. The van der Waals surface area contributed by atoms with Gasteiger partial charge in [-0.2, -0.15) is 0 Å². The van der Waals surface area contributed by atoms with Gasteiger partial charge in [-0.1, -0.05) is 6.07 Å². The molecule has 0 bridgehead atoms. The minimum Gasteiger partial charge on any atom is -0.395 e. The highest BCUT2D eigenvalue weighted by molar-refractivity contribution is 5.71. The molecule has 3 aromatic rings. The first-order valence-corrected chi connectivity index (χ1v) is 8.36. The fourth-order valence-corrected chi connectivity index (χ4v) is 2.95. The lowest BCUT2D eigenvalue weighted by atomic mass is 10.0. The number of hydrogen-bond acceptors (Lipinski definition) is 4. The Kier molecular flexibility index (Phi) is 4.33. The summed E-state index contributed by atoms with van der Waals surface area (Å²) >= 11 is 0. The summed E-state index contributed by atoms with van der Waals surface area (Å²) in [6.07, 6.45) is -2.15. The van der Waals surface area contributed by atoms with Crippen LogP contribution in [-0.2, 0) is 6.54 Å². The summed E-state index contributed by atoms with van der Waals surface area (Å²) in [5.74, 6) is -0.947. The van der Waals surface area contributed by atoms with Crippen molar-refractivity contribution in [1.29, 1.82) is 0 Å². The molecule has 0 saturated heterocycles. The maximum absolute atomic E-state index is 13.7. The SMILES string of the molecule is Cc1cc2c(cc1-c1ccc(NCc3c(F)cccc3F)nc1)OC(F)(F)O2. The molecule has 2 heterocycles. The van der Waals surface area contributed by atoms with Crippen molar-refractivity contribution in [2.45, 2.75) is 19.8 Å². The highest BCUT2D eigenvalue weighted by Crippen LogP contribution is 2.44. The monoisotopic (exact) mass is 390 g/mol. The van der Waals surface area contributed by atoms with Gasteiger partial charge in [-0.25, -0.2) is 13.8 Å². The molecule has 0 fully saturated rings. The standard InChI is InChI=1S/C20H14F4N2O2/c1-11-7-17-18(28-20(23,24)27-17)8-13(11)12-5-6-19(25-9-12)26-10-14-15(21)3-2-4-16(14)22/h2-9H,10H2,1H3,(H,25,26). The van der Waals surface area contributed by atoms with Gasteiger partial charge in [-0.05, 0) is 54.4 Å². The second-order valence-electron chi connectivity index (χ2n) is 6.27. The van der Waals surface area contributed by atoms with Gasteiger partial charge in [0.05, 0.1) is 0 Å². The van der Waals surface area contributed by atoms with Gasteiger partial charge in [-0.15, -0.1) is 8.78 Å². The predicted molar refractivity (Wildman–Crippen MR) is 94.3 cm³/mol. The lowest BCUT2D eigenvalue weighted by Gasteiger charge is -2.10. The maximum atomic E-state index is 13.7. The van der Waals surface area contributed by atoms with Crippen LogP contribution in [0.5, 0.6) is 11.5 Å². The van der Waals surface area contributed by atoms with Gasteiger partial charge in [-0.3, -0.25) is 0 Å². The Morgan fingerprint density at radius 1 is 1.00 bits per heavy atom. The number of anilines is 1. The summed E-state index contributed by atoms with van der Waals surface area (Å²) in [7, 11) is 0. The van der Waals surface area contributed by atoms with Crippen LogP contribution in [0.25, 0.3) is 11.1 Å². The Hall–Kier alpha value is -3.29. The molecule has 0 saturated carbocycles. The number of fused-ring (bicyclic) bond motifs is 1. The number of rotatable bonds is 4. The second-order valence-corrected chi connectivity index (χ2v) is 6.27. The van der Waals surface area contributed by atoms with Gasteiger partial charge in [0.1, 0.15) is 17.5 Å². The van der Waals surface area contributed by atoms with Crippen molar-refractivity contribution in [2.75, 3.05) is 5.32 Å². The Balaban J connectivity index is 1.53. The topological polar surface area (TPSA) is 43.4 Å². The molecule has 1 aromatic heterocycles. The van der Waals surface area contributed by atoms with Crippen LogP contribution in [-0.4, -0.2) is 11.3 Å². The summed E-state index contributed by atoms with van der Waals surface area (Å²) in [5, 5.41) is 2.85. The molecule has 8 heteroatoms. The number of halogens is 4. The zero-order chi connectivity index (χ0) is 19.9. The number of pyridine rings is 1. The van der Waals surface area contributed by atoms with E-state index >= 15 is 0 Å². The average Bonchev–Trinajstić information content (AvgIpc) is 2.94. The van der Waals surface area contributed by atoms with E-state index in [0.717, 1.165) is 0 Å². The first-order chi connectivity index (χ1) is 13.3. The molecule has 1 aliphatic heterocycles. The quantitative estimate of drug-likeness (QED) is 0.617. The molecule has 0 radical (unpaired) electrons. The maximum Gasteiger partial charge on any atom is 0.586 e. The summed E-state index contributed by atoms with van der Waals surface area (Å²) in [5.41, 5.74) is 1.94. The highest BCUT2D eigenvalue weighted by atomic mass is 19.3. The molecule has 0 amide bonds. The van der Waals surface area contributed by atoms with Crippen molar-refractivity contribution >= 4 is 5.82 Å². The zero-order valence-electron chi connectivity index (χ0n) is 14.6. The molecule has 0 atom stereocenters. The molecule has 0 spiro atoms. The molecule has 4 rings (SSSR count). The van der Waals surface area contributed by atoms with Crippen LogP contribution >= 0.6 is 0 Å². The van der Waals surface area contributed by atoms with Crippen molar-refractivity contribution in [3.8, 4) is 22.6 Å². The molecule has 1 N–H and O–H groups in total. The third kappa shape index (κ3) is 3.45. The molecule has 4 nitrogen and oxygen atoms in total. The molecular weight excluding hydrogens is 376 g/mol. The van der Waals surface area contributed by atoms with Crippen LogP contribution in [0.1, 0.15) is 11.1 Å². The van der Waals surface area contributed by atoms with E-state index in [2.05, 4.69) is 19.8 Å². The van der Waals surface area contributed by atoms with Crippen LogP contribution in [0, 0.1) is 18.6 Å². The molecule has 2 aromatic carbocycles. The van der Waals surface area contributed by atoms with Crippen molar-refractivity contribution in [3.63, 3.8) is 0 Å². The fourth-order valence-electron chi connectivity index (χ4n) is 2.95. The molecule has 28 heavy (non-hydrogen) atoms. The van der Waals surface area contributed by atoms with Gasteiger partial charge in [0.2, 0.25) is 0 Å². The van der Waals surface area contributed by atoms with Crippen LogP contribution < -0.4 is 14.8 Å². The Labute approximate surface area is 157 Å². The molecule has 0 aliphatic carbocycles. The summed E-state index contributed by atoms with van der Waals surface area (Å²) < 4.78 is 62.7. The lowest BCUT2D eigenvalue weighted by molar-refractivity contribution is -0.286. The number of ether oxygens (including phenoxy) is 2. The number of benzene rings is 2. The number of nitrogens with zero attached hydrogens (tertiary/aromatic N) is 1. The van der Waals surface area contributed by atoms with Gasteiger partial charge in [0, 0.05) is 23.9 Å². The smallest absolute Gasteiger partial charge is 0.395 e. The van der Waals surface area contributed by atoms with Crippen molar-refractivity contribution < 1.29 is 27.0 Å². The van der Waals surface area contributed by atoms with E-state index in [1.807, 2.05) is 0 Å². The van der Waals surface area contributed by atoms with E-state index in [4.69, 9.17) is 0 Å². The van der Waals surface area contributed by atoms with Crippen molar-refractivity contribution in [2.24, 2.45) is 0 Å². The van der Waals surface area contributed by atoms with E-state index in [1.54, 1.807) is 19.1 Å². The van der Waals surface area contributed by atoms with Crippen LogP contribution in [0.4, 0.5) is 23.4 Å². The molecule has 1 aliphatic rings. The highest BCUT2D eigenvalue weighted by Gasteiger charge is 2.43. The number of hydrogen-bond donors (Lipinski definition) is 1. The normalized spacial score (nSPS) is 14.2. The largest absolute Gasteiger partial charge is 0.586 e. The minimum atomic E-state index is -3.68. The minimum absolute atomic E-state index is 0.0237. The Morgan fingerprint density at radius 3 is 2.32 bits per heavy atom. The summed E-state index contributed by atoms with van der Waals surface area (Å²) in [6.45, 7) is 1.69. The van der Waals surface area contributed by atoms with Gasteiger partial charge in [0.15, 0.2) is 11.5 Å². The molecular formula is C20H14F4N2O2. The zero-order valence-corrected chi connectivity index (χ0v) is 14.6. The van der Waals surface area contributed by atoms with Crippen LogP contribution in [0.15, 0.2) is 48.7 Å². The van der Waals surface area contributed by atoms with Crippen molar-refractivity contribution in [1.82, 2.24) is 4.98 Å². The van der Waals surface area contributed by atoms with E-state index < -0.39 is 17.9 Å². The number of aryl methyl sites for hydroxylation is 1. The van der Waals surface area contributed by atoms with Gasteiger partial charge in [0.25, 0.3) is 0 Å². The van der Waals surface area contributed by atoms with E-state index in [9.17, 15) is 17.6 Å². The molecule has 144 valence electrons. The lowest BCUT2D eigenvalue weighted by Crippen LogP contribution is -2.25. The van der Waals surface area contributed by atoms with Gasteiger partial charge < -0.3 is 14.8 Å². The average molecular weight is 390 g/mol. The Morgan fingerprint density at radius 2 is 1.68 bits per heavy atom. The van der Waals surface area contributed by atoms with Crippen LogP contribution in [0.2, 0.25) is 0 Å².